The van der Waals surface area contributed by atoms with Crippen molar-refractivity contribution in [1.29, 1.82) is 0 Å². The maximum atomic E-state index is 5.21. The van der Waals surface area contributed by atoms with E-state index in [4.69, 9.17) is 4.74 Å². The first kappa shape index (κ1) is 14.0. The van der Waals surface area contributed by atoms with E-state index in [-0.39, 0.29) is 0 Å². The number of hydrogen-bond acceptors (Lipinski definition) is 2. The van der Waals surface area contributed by atoms with E-state index in [2.05, 4.69) is 37.4 Å². The van der Waals surface area contributed by atoms with Crippen LogP contribution in [0, 0.1) is 0 Å². The molecule has 1 atom stereocenters. The van der Waals surface area contributed by atoms with Crippen molar-refractivity contribution in [3.63, 3.8) is 0 Å². The minimum Gasteiger partial charge on any atom is -0.497 e. The summed E-state index contributed by atoms with van der Waals surface area (Å²) in [7, 11) is 1.71. The summed E-state index contributed by atoms with van der Waals surface area (Å²) >= 11 is 0. The minimum absolute atomic E-state index is 0.626. The van der Waals surface area contributed by atoms with Gasteiger partial charge in [0.15, 0.2) is 0 Å². The van der Waals surface area contributed by atoms with Gasteiger partial charge >= 0.3 is 0 Å². The molecule has 0 amide bonds. The zero-order valence-electron chi connectivity index (χ0n) is 11.3. The zero-order chi connectivity index (χ0) is 12.5. The Balaban J connectivity index is 2.25. The van der Waals surface area contributed by atoms with Crippen molar-refractivity contribution in [3.8, 4) is 5.75 Å². The van der Waals surface area contributed by atoms with Gasteiger partial charge in [-0.25, -0.2) is 0 Å². The van der Waals surface area contributed by atoms with Crippen LogP contribution in [-0.4, -0.2) is 19.7 Å². The third-order valence-electron chi connectivity index (χ3n) is 3.03. The average molecular weight is 235 g/mol. The van der Waals surface area contributed by atoms with Gasteiger partial charge in [-0.2, -0.15) is 0 Å². The molecule has 0 spiro atoms. The van der Waals surface area contributed by atoms with Crippen molar-refractivity contribution in [2.24, 2.45) is 0 Å². The summed E-state index contributed by atoms with van der Waals surface area (Å²) in [5, 5.41) is 3.56. The van der Waals surface area contributed by atoms with Gasteiger partial charge in [-0.1, -0.05) is 31.9 Å². The number of unbranched alkanes of at least 4 members (excludes halogenated alkanes) is 1. The highest BCUT2D eigenvalue weighted by atomic mass is 16.5. The standard InChI is InChI=1S/C15H25NO/c1-4-5-7-13(2)16-11-10-14-8-6-9-15(12-14)17-3/h6,8-9,12-13,16H,4-5,7,10-11H2,1-3H3. The van der Waals surface area contributed by atoms with E-state index in [9.17, 15) is 0 Å². The molecule has 0 aliphatic carbocycles. The second kappa shape index (κ2) is 8.13. The van der Waals surface area contributed by atoms with Gasteiger partial charge in [-0.3, -0.25) is 0 Å². The molecule has 0 saturated heterocycles. The fourth-order valence-corrected chi connectivity index (χ4v) is 1.90. The van der Waals surface area contributed by atoms with Crippen LogP contribution < -0.4 is 10.1 Å². The summed E-state index contributed by atoms with van der Waals surface area (Å²) < 4.78 is 5.21. The zero-order valence-corrected chi connectivity index (χ0v) is 11.3. The molecule has 1 unspecified atom stereocenters. The highest BCUT2D eigenvalue weighted by molar-refractivity contribution is 5.28. The van der Waals surface area contributed by atoms with Gasteiger partial charge in [0.1, 0.15) is 5.75 Å². The van der Waals surface area contributed by atoms with E-state index < -0.39 is 0 Å². The molecule has 2 heteroatoms. The van der Waals surface area contributed by atoms with Crippen LogP contribution >= 0.6 is 0 Å². The molecular weight excluding hydrogens is 210 g/mol. The molecule has 0 aromatic heterocycles. The van der Waals surface area contributed by atoms with Crippen LogP contribution in [0.15, 0.2) is 24.3 Å². The van der Waals surface area contributed by atoms with Crippen LogP contribution in [0.1, 0.15) is 38.7 Å². The number of hydrogen-bond donors (Lipinski definition) is 1. The first-order chi connectivity index (χ1) is 8.26. The summed E-state index contributed by atoms with van der Waals surface area (Å²) in [5.41, 5.74) is 1.33. The molecule has 0 bridgehead atoms. The van der Waals surface area contributed by atoms with Crippen molar-refractivity contribution >= 4 is 0 Å². The first-order valence-corrected chi connectivity index (χ1v) is 6.62. The second-order valence-corrected chi connectivity index (χ2v) is 4.60. The van der Waals surface area contributed by atoms with E-state index in [1.807, 2.05) is 6.07 Å². The van der Waals surface area contributed by atoms with Crippen molar-refractivity contribution in [1.82, 2.24) is 5.32 Å². The van der Waals surface area contributed by atoms with Crippen LogP contribution in [0.5, 0.6) is 5.75 Å². The van der Waals surface area contributed by atoms with Gasteiger partial charge in [-0.05, 0) is 44.0 Å². The van der Waals surface area contributed by atoms with E-state index in [1.165, 1.54) is 24.8 Å². The van der Waals surface area contributed by atoms with Crippen molar-refractivity contribution in [2.75, 3.05) is 13.7 Å². The SMILES string of the molecule is CCCCC(C)NCCc1cccc(OC)c1. The maximum absolute atomic E-state index is 5.21. The van der Waals surface area contributed by atoms with Crippen LogP contribution in [0.2, 0.25) is 0 Å². The predicted molar refractivity (Wildman–Crippen MR) is 73.7 cm³/mol. The second-order valence-electron chi connectivity index (χ2n) is 4.60. The molecule has 0 fully saturated rings. The Morgan fingerprint density at radius 3 is 2.88 bits per heavy atom. The van der Waals surface area contributed by atoms with Crippen LogP contribution in [0.25, 0.3) is 0 Å². The molecule has 2 nitrogen and oxygen atoms in total. The molecule has 17 heavy (non-hydrogen) atoms. The molecule has 1 aromatic carbocycles. The molecule has 0 heterocycles. The highest BCUT2D eigenvalue weighted by Crippen LogP contribution is 2.12. The first-order valence-electron chi connectivity index (χ1n) is 6.62. The van der Waals surface area contributed by atoms with Gasteiger partial charge < -0.3 is 10.1 Å². The van der Waals surface area contributed by atoms with Crippen LogP contribution in [0.3, 0.4) is 0 Å². The molecule has 0 aliphatic heterocycles. The topological polar surface area (TPSA) is 21.3 Å². The number of nitrogens with one attached hydrogen (secondary N) is 1. The largest absolute Gasteiger partial charge is 0.497 e. The summed E-state index contributed by atoms with van der Waals surface area (Å²) in [6.45, 7) is 5.54. The molecular formula is C15H25NO. The van der Waals surface area contributed by atoms with Crippen molar-refractivity contribution < 1.29 is 4.74 Å². The monoisotopic (exact) mass is 235 g/mol. The number of benzene rings is 1. The van der Waals surface area contributed by atoms with Gasteiger partial charge in [0, 0.05) is 6.04 Å². The van der Waals surface area contributed by atoms with Gasteiger partial charge in [-0.15, -0.1) is 0 Å². The predicted octanol–water partition coefficient (Wildman–Crippen LogP) is 3.41. The lowest BCUT2D eigenvalue weighted by Gasteiger charge is -2.13. The fourth-order valence-electron chi connectivity index (χ4n) is 1.90. The summed E-state index contributed by atoms with van der Waals surface area (Å²) in [6, 6.07) is 8.93. The molecule has 1 aromatic rings. The summed E-state index contributed by atoms with van der Waals surface area (Å²) in [5.74, 6) is 0.946. The lowest BCUT2D eigenvalue weighted by molar-refractivity contribution is 0.414. The third kappa shape index (κ3) is 5.73. The molecule has 96 valence electrons. The normalized spacial score (nSPS) is 12.4. The minimum atomic E-state index is 0.626. The lowest BCUT2D eigenvalue weighted by Crippen LogP contribution is -2.27. The van der Waals surface area contributed by atoms with Gasteiger partial charge in [0.2, 0.25) is 0 Å². The highest BCUT2D eigenvalue weighted by Gasteiger charge is 2.00. The van der Waals surface area contributed by atoms with E-state index >= 15 is 0 Å². The van der Waals surface area contributed by atoms with Crippen LogP contribution in [0.4, 0.5) is 0 Å². The Hall–Kier alpha value is -1.02. The lowest BCUT2D eigenvalue weighted by atomic mass is 10.1. The Morgan fingerprint density at radius 2 is 2.18 bits per heavy atom. The van der Waals surface area contributed by atoms with Crippen molar-refractivity contribution in [2.45, 2.75) is 45.6 Å². The molecule has 0 saturated carbocycles. The quantitative estimate of drug-likeness (QED) is 0.745. The van der Waals surface area contributed by atoms with Gasteiger partial charge in [0.05, 0.1) is 7.11 Å². The average Bonchev–Trinajstić information content (AvgIpc) is 2.36. The Kier molecular flexibility index (Phi) is 6.71. The number of ether oxygens (including phenoxy) is 1. The van der Waals surface area contributed by atoms with Gasteiger partial charge in [0.25, 0.3) is 0 Å². The smallest absolute Gasteiger partial charge is 0.119 e. The summed E-state index contributed by atoms with van der Waals surface area (Å²) in [4.78, 5) is 0. The molecule has 0 radical (unpaired) electrons. The van der Waals surface area contributed by atoms with Crippen LogP contribution in [-0.2, 0) is 6.42 Å². The van der Waals surface area contributed by atoms with E-state index in [1.54, 1.807) is 7.11 Å². The van der Waals surface area contributed by atoms with E-state index in [0.29, 0.717) is 6.04 Å². The molecule has 1 N–H and O–H groups in total. The summed E-state index contributed by atoms with van der Waals surface area (Å²) in [6.07, 6.45) is 4.93. The number of rotatable bonds is 8. The molecule has 1 rings (SSSR count). The third-order valence-corrected chi connectivity index (χ3v) is 3.03. The fraction of sp³-hybridized carbons (Fsp3) is 0.600. The molecule has 0 aliphatic rings. The number of methoxy groups -OCH3 is 1. The Bertz CT molecular complexity index is 312. The maximum Gasteiger partial charge on any atom is 0.119 e. The Labute approximate surface area is 105 Å². The van der Waals surface area contributed by atoms with E-state index in [0.717, 1.165) is 18.7 Å². The van der Waals surface area contributed by atoms with Crippen molar-refractivity contribution in [3.05, 3.63) is 29.8 Å². The Morgan fingerprint density at radius 1 is 1.35 bits per heavy atom.